The molecule has 0 saturated heterocycles. The van der Waals surface area contributed by atoms with Crippen LogP contribution in [0.5, 0.6) is 0 Å². The first kappa shape index (κ1) is 12.9. The van der Waals surface area contributed by atoms with Crippen molar-refractivity contribution in [1.82, 2.24) is 0 Å². The fourth-order valence-corrected chi connectivity index (χ4v) is 3.33. The predicted octanol–water partition coefficient (Wildman–Crippen LogP) is 4.41. The standard InChI is InChI=1S/C17H12ClFO2/c18-14-3-1-2-11-9-15(21-16(11)14)17(20)7-6-10-8-12(19)4-5-13(10)17/h1-5,8-9,20H,6-7H2. The minimum Gasteiger partial charge on any atom is -0.456 e. The molecule has 0 bridgehead atoms. The highest BCUT2D eigenvalue weighted by Gasteiger charge is 2.41. The van der Waals surface area contributed by atoms with Crippen LogP contribution < -0.4 is 0 Å². The van der Waals surface area contributed by atoms with Gasteiger partial charge in [-0.25, -0.2) is 4.39 Å². The summed E-state index contributed by atoms with van der Waals surface area (Å²) < 4.78 is 19.1. The van der Waals surface area contributed by atoms with Gasteiger partial charge in [0.15, 0.2) is 5.58 Å². The SMILES string of the molecule is OC1(c2cc3cccc(Cl)c3o2)CCc2cc(F)ccc21. The molecule has 1 aliphatic carbocycles. The van der Waals surface area contributed by atoms with Crippen LogP contribution >= 0.6 is 11.6 Å². The highest BCUT2D eigenvalue weighted by Crippen LogP contribution is 2.44. The van der Waals surface area contributed by atoms with Crippen molar-refractivity contribution in [3.05, 3.63) is 70.2 Å². The minimum atomic E-state index is -1.22. The molecular weight excluding hydrogens is 291 g/mol. The van der Waals surface area contributed by atoms with E-state index in [4.69, 9.17) is 16.0 Å². The van der Waals surface area contributed by atoms with Crippen molar-refractivity contribution in [2.75, 3.05) is 0 Å². The summed E-state index contributed by atoms with van der Waals surface area (Å²) in [6.07, 6.45) is 1.09. The van der Waals surface area contributed by atoms with Gasteiger partial charge in [0.1, 0.15) is 17.2 Å². The molecule has 106 valence electrons. The van der Waals surface area contributed by atoms with Crippen LogP contribution in [0.1, 0.15) is 23.3 Å². The molecule has 4 heteroatoms. The third-order valence-corrected chi connectivity index (χ3v) is 4.47. The number of fused-ring (bicyclic) bond motifs is 2. The summed E-state index contributed by atoms with van der Waals surface area (Å²) in [6.45, 7) is 0. The van der Waals surface area contributed by atoms with Crippen LogP contribution in [0.15, 0.2) is 46.9 Å². The van der Waals surface area contributed by atoms with Gasteiger partial charge in [-0.05, 0) is 48.2 Å². The average molecular weight is 303 g/mol. The number of benzene rings is 2. The molecule has 0 amide bonds. The first-order chi connectivity index (χ1) is 10.1. The second-order valence-electron chi connectivity index (χ2n) is 5.43. The first-order valence-electron chi connectivity index (χ1n) is 6.78. The number of aryl methyl sites for hydroxylation is 1. The topological polar surface area (TPSA) is 33.4 Å². The van der Waals surface area contributed by atoms with Crippen LogP contribution in [0.25, 0.3) is 11.0 Å². The van der Waals surface area contributed by atoms with Gasteiger partial charge in [-0.1, -0.05) is 29.8 Å². The lowest BCUT2D eigenvalue weighted by atomic mass is 9.93. The highest BCUT2D eigenvalue weighted by molar-refractivity contribution is 6.34. The summed E-state index contributed by atoms with van der Waals surface area (Å²) in [5.41, 5.74) is 0.882. The van der Waals surface area contributed by atoms with Gasteiger partial charge < -0.3 is 9.52 Å². The van der Waals surface area contributed by atoms with E-state index in [2.05, 4.69) is 0 Å². The molecule has 1 unspecified atom stereocenters. The summed E-state index contributed by atoms with van der Waals surface area (Å²) in [6, 6.07) is 11.8. The molecule has 1 atom stereocenters. The minimum absolute atomic E-state index is 0.286. The molecular formula is C17H12ClFO2. The monoisotopic (exact) mass is 302 g/mol. The van der Waals surface area contributed by atoms with Crippen LogP contribution in [-0.4, -0.2) is 5.11 Å². The molecule has 2 nitrogen and oxygen atoms in total. The largest absolute Gasteiger partial charge is 0.456 e. The van der Waals surface area contributed by atoms with Crippen molar-refractivity contribution in [2.24, 2.45) is 0 Å². The van der Waals surface area contributed by atoms with Gasteiger partial charge >= 0.3 is 0 Å². The third-order valence-electron chi connectivity index (χ3n) is 4.17. The van der Waals surface area contributed by atoms with Crippen molar-refractivity contribution in [3.8, 4) is 0 Å². The Morgan fingerprint density at radius 2 is 2.05 bits per heavy atom. The fourth-order valence-electron chi connectivity index (χ4n) is 3.11. The van der Waals surface area contributed by atoms with Crippen LogP contribution in [0.2, 0.25) is 5.02 Å². The lowest BCUT2D eigenvalue weighted by molar-refractivity contribution is 0.0605. The summed E-state index contributed by atoms with van der Waals surface area (Å²) in [4.78, 5) is 0. The normalized spacial score (nSPS) is 20.9. The van der Waals surface area contributed by atoms with Crippen molar-refractivity contribution < 1.29 is 13.9 Å². The van der Waals surface area contributed by atoms with Gasteiger partial charge in [0.05, 0.1) is 5.02 Å². The maximum absolute atomic E-state index is 13.3. The van der Waals surface area contributed by atoms with Gasteiger partial charge in [-0.3, -0.25) is 0 Å². The van der Waals surface area contributed by atoms with E-state index in [0.29, 0.717) is 34.8 Å². The molecule has 0 fully saturated rings. The molecule has 2 aromatic carbocycles. The van der Waals surface area contributed by atoms with Gasteiger partial charge in [0, 0.05) is 5.39 Å². The first-order valence-corrected chi connectivity index (χ1v) is 7.15. The molecule has 3 aromatic rings. The van der Waals surface area contributed by atoms with Crippen molar-refractivity contribution >= 4 is 22.6 Å². The van der Waals surface area contributed by atoms with E-state index >= 15 is 0 Å². The van der Waals surface area contributed by atoms with Crippen LogP contribution in [-0.2, 0) is 12.0 Å². The Bertz CT molecular complexity index is 855. The number of aliphatic hydroxyl groups is 1. The quantitative estimate of drug-likeness (QED) is 0.722. The van der Waals surface area contributed by atoms with Crippen LogP contribution in [0.3, 0.4) is 0 Å². The van der Waals surface area contributed by atoms with Crippen molar-refractivity contribution in [2.45, 2.75) is 18.4 Å². The highest BCUT2D eigenvalue weighted by atomic mass is 35.5. The van der Waals surface area contributed by atoms with Gasteiger partial charge in [-0.15, -0.1) is 0 Å². The maximum atomic E-state index is 13.3. The number of halogens is 2. The molecule has 1 aliphatic rings. The molecule has 0 saturated carbocycles. The van der Waals surface area contributed by atoms with E-state index in [0.717, 1.165) is 10.9 Å². The second kappa shape index (κ2) is 4.33. The Morgan fingerprint density at radius 1 is 1.19 bits per heavy atom. The van der Waals surface area contributed by atoms with Crippen molar-refractivity contribution in [3.63, 3.8) is 0 Å². The van der Waals surface area contributed by atoms with E-state index < -0.39 is 5.60 Å². The number of hydrogen-bond donors (Lipinski definition) is 1. The van der Waals surface area contributed by atoms with Gasteiger partial charge in [0.25, 0.3) is 0 Å². The van der Waals surface area contributed by atoms with E-state index in [9.17, 15) is 9.50 Å². The molecule has 1 heterocycles. The molecule has 1 aromatic heterocycles. The zero-order valence-corrected chi connectivity index (χ0v) is 11.8. The van der Waals surface area contributed by atoms with Crippen LogP contribution in [0, 0.1) is 5.82 Å². The zero-order valence-electron chi connectivity index (χ0n) is 11.1. The van der Waals surface area contributed by atoms with E-state index in [-0.39, 0.29) is 5.82 Å². The summed E-state index contributed by atoms with van der Waals surface area (Å²) >= 11 is 6.12. The lowest BCUT2D eigenvalue weighted by Crippen LogP contribution is -2.23. The number of para-hydroxylation sites is 1. The van der Waals surface area contributed by atoms with Gasteiger partial charge in [-0.2, -0.15) is 0 Å². The number of furan rings is 1. The molecule has 0 aliphatic heterocycles. The Hall–Kier alpha value is -1.84. The maximum Gasteiger partial charge on any atom is 0.153 e. The average Bonchev–Trinajstić information content (AvgIpc) is 3.03. The Morgan fingerprint density at radius 3 is 2.86 bits per heavy atom. The summed E-state index contributed by atoms with van der Waals surface area (Å²) in [5, 5.41) is 12.4. The Labute approximate surface area is 125 Å². The zero-order chi connectivity index (χ0) is 14.6. The van der Waals surface area contributed by atoms with E-state index in [1.54, 1.807) is 18.2 Å². The Balaban J connectivity index is 1.91. The van der Waals surface area contributed by atoms with E-state index in [1.165, 1.54) is 12.1 Å². The van der Waals surface area contributed by atoms with E-state index in [1.807, 2.05) is 12.1 Å². The summed E-state index contributed by atoms with van der Waals surface area (Å²) in [5.74, 6) is 0.168. The predicted molar refractivity (Wildman–Crippen MR) is 78.9 cm³/mol. The fraction of sp³-hybridized carbons (Fsp3) is 0.176. The molecule has 21 heavy (non-hydrogen) atoms. The van der Waals surface area contributed by atoms with Gasteiger partial charge in [0.2, 0.25) is 0 Å². The number of hydrogen-bond acceptors (Lipinski definition) is 2. The Kier molecular flexibility index (Phi) is 2.65. The number of rotatable bonds is 1. The van der Waals surface area contributed by atoms with Crippen LogP contribution in [0.4, 0.5) is 4.39 Å². The lowest BCUT2D eigenvalue weighted by Gasteiger charge is -2.21. The smallest absolute Gasteiger partial charge is 0.153 e. The van der Waals surface area contributed by atoms with Crippen molar-refractivity contribution in [1.29, 1.82) is 0 Å². The molecule has 4 rings (SSSR count). The second-order valence-corrected chi connectivity index (χ2v) is 5.84. The molecule has 0 spiro atoms. The molecule has 0 radical (unpaired) electrons. The summed E-state index contributed by atoms with van der Waals surface area (Å²) in [7, 11) is 0. The molecule has 1 N–H and O–H groups in total. The third kappa shape index (κ3) is 1.81.